The van der Waals surface area contributed by atoms with Crippen LogP contribution >= 0.6 is 0 Å². The summed E-state index contributed by atoms with van der Waals surface area (Å²) in [5.41, 5.74) is 45.9. The zero-order valence-corrected chi connectivity index (χ0v) is 79.3. The molecular weight excluding hydrogens is 1740 g/mol. The highest BCUT2D eigenvalue weighted by Gasteiger charge is 2.55. The van der Waals surface area contributed by atoms with Crippen molar-refractivity contribution in [2.75, 3.05) is 19.6 Å². The summed E-state index contributed by atoms with van der Waals surface area (Å²) < 4.78 is 7.84. The molecule has 3 heterocycles. The summed E-state index contributed by atoms with van der Waals surface area (Å²) in [6.45, 7) is 4.80. The summed E-state index contributed by atoms with van der Waals surface area (Å²) in [6, 6.07) is 196. The number of furan rings is 1. The van der Waals surface area contributed by atoms with Crippen LogP contribution in [0, 0.1) is 0 Å². The first-order chi connectivity index (χ1) is 71.3. The van der Waals surface area contributed by atoms with Gasteiger partial charge in [-0.1, -0.05) is 445 Å². The first-order valence-corrected chi connectivity index (χ1v) is 50.1. The van der Waals surface area contributed by atoms with E-state index in [1.165, 1.54) is 127 Å². The summed E-state index contributed by atoms with van der Waals surface area (Å²) in [4.78, 5) is 10.2. The third-order valence-corrected chi connectivity index (χ3v) is 31.9. The second-order valence-electron chi connectivity index (χ2n) is 39.3. The van der Waals surface area contributed by atoms with E-state index in [4.69, 9.17) is 4.42 Å². The van der Waals surface area contributed by atoms with Gasteiger partial charge in [-0.2, -0.15) is 0 Å². The molecule has 0 bridgehead atoms. The molecule has 0 unspecified atom stereocenters. The van der Waals surface area contributed by atoms with E-state index in [-0.39, 0.29) is 5.41 Å². The van der Waals surface area contributed by atoms with Crippen LogP contribution in [0.2, 0.25) is 0 Å². The second kappa shape index (κ2) is 32.3. The molecule has 0 fully saturated rings. The van der Waals surface area contributed by atoms with Gasteiger partial charge in [-0.05, 0) is 229 Å². The van der Waals surface area contributed by atoms with Gasteiger partial charge in [0.05, 0.1) is 62.0 Å². The Labute approximate surface area is 837 Å². The normalized spacial score (nSPS) is 13.6. The molecule has 2 spiro atoms. The molecule has 144 heavy (non-hydrogen) atoms. The molecule has 0 saturated carbocycles. The third kappa shape index (κ3) is 11.9. The third-order valence-electron chi connectivity index (χ3n) is 31.9. The molecule has 24 aromatic rings. The van der Waals surface area contributed by atoms with E-state index in [9.17, 15) is 0 Å². The maximum absolute atomic E-state index is 7.84. The molecule has 1 aromatic heterocycles. The summed E-state index contributed by atoms with van der Waals surface area (Å²) >= 11 is 0. The molecule has 5 heteroatoms. The minimum absolute atomic E-state index is 0.267. The van der Waals surface area contributed by atoms with Gasteiger partial charge in [-0.3, -0.25) is 0 Å². The Balaban J connectivity index is 0.590. The highest BCUT2D eigenvalue weighted by atomic mass is 16.3. The van der Waals surface area contributed by atoms with Crippen molar-refractivity contribution in [2.24, 2.45) is 0 Å². The van der Waals surface area contributed by atoms with Gasteiger partial charge in [0.25, 0.3) is 0 Å². The molecule has 2 aliphatic heterocycles. The number of para-hydroxylation sites is 10. The minimum atomic E-state index is -0.784. The maximum atomic E-state index is 7.84. The van der Waals surface area contributed by atoms with Crippen molar-refractivity contribution in [2.45, 2.75) is 30.1 Å². The first-order valence-electron chi connectivity index (χ1n) is 50.1. The lowest BCUT2D eigenvalue weighted by molar-refractivity contribution is 0.660. The Kier molecular flexibility index (Phi) is 18.6. The van der Waals surface area contributed by atoms with Crippen molar-refractivity contribution in [3.05, 3.63) is 577 Å². The molecule has 5 aliphatic rings. The molecule has 674 valence electrons. The minimum Gasteiger partial charge on any atom is -0.455 e. The lowest BCUT2D eigenvalue weighted by atomic mass is 9.64. The fourth-order valence-corrected chi connectivity index (χ4v) is 26.0. The van der Waals surface area contributed by atoms with Gasteiger partial charge in [0.15, 0.2) is 0 Å². The Hall–Kier alpha value is -18.4. The Morgan fingerprint density at radius 3 is 1.01 bits per heavy atom. The van der Waals surface area contributed by atoms with Crippen LogP contribution < -0.4 is 19.6 Å². The zero-order chi connectivity index (χ0) is 95.0. The molecular formula is C139H92N4O. The van der Waals surface area contributed by atoms with Crippen LogP contribution in [0.4, 0.5) is 68.2 Å². The highest BCUT2D eigenvalue weighted by molar-refractivity contribution is 6.16. The molecule has 0 N–H and O–H groups in total. The molecule has 0 radical (unpaired) electrons. The van der Waals surface area contributed by atoms with Gasteiger partial charge in [-0.15, -0.1) is 0 Å². The zero-order valence-electron chi connectivity index (χ0n) is 79.3. The van der Waals surface area contributed by atoms with Crippen LogP contribution in [-0.2, 0) is 16.2 Å². The number of anilines is 12. The SMILES string of the molecule is CC1(C)c2ccccc2-c2ccc(N(c3ccccc3-c3ccccc3-c3cccc4ccccc34)c3cccc4c3-c3ccccc3C43c4ccccc4N(c4cccc(-c5cccc6c5oc5c(-c7ccccc7N(c7ccccc7-c7ccccc7-c7cccc8ccccc78)c7cccc8c7-c7ccccc7C87c8ccccc8N(c8ccccc8)c8ccccc87)cccc56)c4)c4ccccc43)cc21. The number of nitrogens with zero attached hydrogens (tertiary/aromatic N) is 4. The van der Waals surface area contributed by atoms with Crippen molar-refractivity contribution in [1.82, 2.24) is 0 Å². The Bertz CT molecular complexity index is 9360. The average molecular weight is 1830 g/mol. The van der Waals surface area contributed by atoms with Gasteiger partial charge >= 0.3 is 0 Å². The highest BCUT2D eigenvalue weighted by Crippen LogP contribution is 2.69. The molecule has 0 saturated heterocycles. The molecule has 29 rings (SSSR count). The lowest BCUT2D eigenvalue weighted by Crippen LogP contribution is -2.36. The number of fused-ring (bicyclic) bond motifs is 26. The molecule has 5 nitrogen and oxygen atoms in total. The molecule has 0 atom stereocenters. The summed E-state index contributed by atoms with van der Waals surface area (Å²) in [6.07, 6.45) is 0. The van der Waals surface area contributed by atoms with Gasteiger partial charge in [0.2, 0.25) is 0 Å². The lowest BCUT2D eigenvalue weighted by Gasteiger charge is -2.45. The largest absolute Gasteiger partial charge is 0.455 e. The van der Waals surface area contributed by atoms with Crippen molar-refractivity contribution >= 4 is 112 Å². The van der Waals surface area contributed by atoms with Gasteiger partial charge in [0, 0.05) is 72.2 Å². The van der Waals surface area contributed by atoms with Crippen molar-refractivity contribution < 1.29 is 4.42 Å². The fraction of sp³-hybridized carbons (Fsp3) is 0.0360. The van der Waals surface area contributed by atoms with E-state index in [1.54, 1.807) is 0 Å². The van der Waals surface area contributed by atoms with E-state index in [2.05, 4.69) is 555 Å². The fourth-order valence-electron chi connectivity index (χ4n) is 26.0. The molecule has 23 aromatic carbocycles. The van der Waals surface area contributed by atoms with Crippen LogP contribution in [-0.4, -0.2) is 0 Å². The average Bonchev–Trinajstić information content (AvgIpc) is 1.50. The summed E-state index contributed by atoms with van der Waals surface area (Å²) in [7, 11) is 0. The number of rotatable bonds is 14. The topological polar surface area (TPSA) is 26.1 Å². The standard InChI is InChI=1S/C139H92N4O/c1-137(2)114-67-20-14-55-104(114)105-86-85-94(88-123(105)137)141(124-76-27-17-56-106(124)102-53-12-10-51-100(102)98-62-35-43-89-41-6-8-49-95(89)98)131-83-39-74-121-133(131)112-59-15-21-68-115(112)139(121)119-72-25-32-81-129(119)142(130-82-33-26-73-120(130)139)93-48-34-45-91(87-93)97-61-37-65-110-111-66-38-64-109(136(111)144-135(97)110)108-58-19-29-78-126(108)143(125-77-28-18-57-107(125)103-54-13-11-52-101(103)99-63-36-44-90-42-7-9-50-96(90)99)132-84-40-75-122-134(132)113-60-16-22-69-116(113)138(122)117-70-23-30-79-127(117)140(92-46-4-3-5-47-92)128-80-31-24-71-118(128)138/h3-88H,1-2H3. The predicted molar refractivity (Wildman–Crippen MR) is 599 cm³/mol. The maximum Gasteiger partial charge on any atom is 0.143 e. The van der Waals surface area contributed by atoms with Crippen molar-refractivity contribution in [1.29, 1.82) is 0 Å². The van der Waals surface area contributed by atoms with E-state index in [0.29, 0.717) is 0 Å². The van der Waals surface area contributed by atoms with Gasteiger partial charge in [0.1, 0.15) is 11.2 Å². The van der Waals surface area contributed by atoms with E-state index < -0.39 is 10.8 Å². The van der Waals surface area contributed by atoms with Crippen LogP contribution in [0.1, 0.15) is 69.5 Å². The summed E-state index contributed by atoms with van der Waals surface area (Å²) in [5, 5.41) is 6.90. The Morgan fingerprint density at radius 1 is 0.188 bits per heavy atom. The second-order valence-corrected chi connectivity index (χ2v) is 39.3. The number of hydrogen-bond donors (Lipinski definition) is 0. The van der Waals surface area contributed by atoms with Crippen LogP contribution in [0.5, 0.6) is 0 Å². The summed E-state index contributed by atoms with van der Waals surface area (Å²) in [5.74, 6) is 0. The van der Waals surface area contributed by atoms with Crippen LogP contribution in [0.3, 0.4) is 0 Å². The van der Waals surface area contributed by atoms with E-state index >= 15 is 0 Å². The predicted octanol–water partition coefficient (Wildman–Crippen LogP) is 37.4. The van der Waals surface area contributed by atoms with Gasteiger partial charge < -0.3 is 24.0 Å². The van der Waals surface area contributed by atoms with E-state index in [1.807, 2.05) is 0 Å². The smallest absolute Gasteiger partial charge is 0.143 e. The molecule has 3 aliphatic carbocycles. The van der Waals surface area contributed by atoms with Crippen molar-refractivity contribution in [3.63, 3.8) is 0 Å². The Morgan fingerprint density at radius 2 is 0.500 bits per heavy atom. The number of benzene rings is 23. The number of hydrogen-bond acceptors (Lipinski definition) is 5. The first kappa shape index (κ1) is 82.6. The van der Waals surface area contributed by atoms with Gasteiger partial charge in [-0.25, -0.2) is 0 Å². The van der Waals surface area contributed by atoms with E-state index in [0.717, 1.165) is 140 Å². The molecule has 0 amide bonds. The van der Waals surface area contributed by atoms with Crippen LogP contribution in [0.25, 0.3) is 144 Å². The quantitative estimate of drug-likeness (QED) is 0.108. The van der Waals surface area contributed by atoms with Crippen LogP contribution in [0.15, 0.2) is 526 Å². The monoisotopic (exact) mass is 1830 g/mol. The van der Waals surface area contributed by atoms with Crippen molar-refractivity contribution in [3.8, 4) is 100 Å².